The average molecular weight is 506 g/mol. The number of ether oxygens (including phenoxy) is 1. The van der Waals surface area contributed by atoms with Crippen molar-refractivity contribution in [3.05, 3.63) is 35.4 Å². The quantitative estimate of drug-likeness (QED) is 0.245. The Labute approximate surface area is 186 Å². The van der Waals surface area contributed by atoms with Gasteiger partial charge in [-0.3, -0.25) is 4.90 Å². The van der Waals surface area contributed by atoms with Crippen molar-refractivity contribution < 1.29 is 4.74 Å². The Bertz CT molecular complexity index is 563. The minimum Gasteiger partial charge on any atom is -0.373 e. The first-order chi connectivity index (χ1) is 12.6. The molecule has 1 aromatic rings. The van der Waals surface area contributed by atoms with Gasteiger partial charge in [0.15, 0.2) is 5.96 Å². The van der Waals surface area contributed by atoms with Crippen LogP contribution in [-0.2, 0) is 17.8 Å². The molecule has 2 atom stereocenters. The van der Waals surface area contributed by atoms with Gasteiger partial charge in [0, 0.05) is 38.5 Å². The summed E-state index contributed by atoms with van der Waals surface area (Å²) >= 11 is 1.84. The zero-order chi connectivity index (χ0) is 18.8. The maximum absolute atomic E-state index is 5.86. The molecule has 1 aromatic carbocycles. The van der Waals surface area contributed by atoms with E-state index in [0.29, 0.717) is 18.8 Å². The van der Waals surface area contributed by atoms with Crippen LogP contribution in [0.1, 0.15) is 31.9 Å². The Kier molecular flexibility index (Phi) is 12.4. The summed E-state index contributed by atoms with van der Waals surface area (Å²) in [5, 5.41) is 6.72. The van der Waals surface area contributed by atoms with E-state index in [1.54, 1.807) is 0 Å². The summed E-state index contributed by atoms with van der Waals surface area (Å²) in [5.41, 5.74) is 2.65. The third kappa shape index (κ3) is 9.02. The lowest BCUT2D eigenvalue weighted by molar-refractivity contribution is -0.0705. The summed E-state index contributed by atoms with van der Waals surface area (Å²) < 4.78 is 5.86. The third-order valence-electron chi connectivity index (χ3n) is 4.36. The molecular formula is C20H35IN4OS. The second-order valence-electron chi connectivity index (χ2n) is 6.83. The molecule has 0 amide bonds. The monoisotopic (exact) mass is 506 g/mol. The lowest BCUT2D eigenvalue weighted by Gasteiger charge is -2.35. The highest BCUT2D eigenvalue weighted by molar-refractivity contribution is 14.0. The molecule has 5 nitrogen and oxygen atoms in total. The number of morpholine rings is 1. The fraction of sp³-hybridized carbons (Fsp3) is 0.650. The van der Waals surface area contributed by atoms with E-state index < -0.39 is 0 Å². The number of hydrogen-bond acceptors (Lipinski definition) is 4. The maximum atomic E-state index is 5.86. The molecule has 1 fully saturated rings. The van der Waals surface area contributed by atoms with Crippen LogP contribution in [0.25, 0.3) is 0 Å². The van der Waals surface area contributed by atoms with Crippen molar-refractivity contribution in [3.8, 4) is 0 Å². The van der Waals surface area contributed by atoms with Gasteiger partial charge in [-0.1, -0.05) is 24.3 Å². The molecule has 27 heavy (non-hydrogen) atoms. The minimum absolute atomic E-state index is 0. The molecule has 1 heterocycles. The molecule has 0 aliphatic carbocycles. The van der Waals surface area contributed by atoms with Crippen LogP contribution in [0, 0.1) is 0 Å². The van der Waals surface area contributed by atoms with Crippen molar-refractivity contribution in [2.45, 2.75) is 46.1 Å². The summed E-state index contributed by atoms with van der Waals surface area (Å²) in [5.74, 6) is 1.97. The fourth-order valence-corrected chi connectivity index (χ4v) is 3.60. The Morgan fingerprint density at radius 3 is 2.48 bits per heavy atom. The van der Waals surface area contributed by atoms with Gasteiger partial charge in [0.2, 0.25) is 0 Å². The summed E-state index contributed by atoms with van der Waals surface area (Å²) in [7, 11) is 0. The van der Waals surface area contributed by atoms with Crippen LogP contribution in [0.4, 0.5) is 0 Å². The molecule has 1 aliphatic rings. The first kappa shape index (κ1) is 24.5. The zero-order valence-electron chi connectivity index (χ0n) is 17.0. The second-order valence-corrected chi connectivity index (χ2v) is 7.82. The van der Waals surface area contributed by atoms with Crippen LogP contribution < -0.4 is 10.6 Å². The van der Waals surface area contributed by atoms with E-state index in [1.165, 1.54) is 11.1 Å². The fourth-order valence-electron chi connectivity index (χ4n) is 3.30. The molecule has 1 saturated heterocycles. The topological polar surface area (TPSA) is 48.9 Å². The summed E-state index contributed by atoms with van der Waals surface area (Å²) in [6.45, 7) is 11.8. The van der Waals surface area contributed by atoms with Gasteiger partial charge in [-0.05, 0) is 38.2 Å². The van der Waals surface area contributed by atoms with Gasteiger partial charge < -0.3 is 15.4 Å². The van der Waals surface area contributed by atoms with E-state index in [2.05, 4.69) is 66.8 Å². The molecule has 2 unspecified atom stereocenters. The number of guanidine groups is 1. The largest absolute Gasteiger partial charge is 0.373 e. The molecule has 0 saturated carbocycles. The highest BCUT2D eigenvalue weighted by Gasteiger charge is 2.22. The van der Waals surface area contributed by atoms with E-state index in [1.807, 2.05) is 11.8 Å². The molecule has 0 aromatic heterocycles. The minimum atomic E-state index is 0. The molecule has 0 spiro atoms. The Hall–Kier alpha value is -0.510. The molecule has 154 valence electrons. The van der Waals surface area contributed by atoms with Crippen molar-refractivity contribution >= 4 is 41.7 Å². The first-order valence-electron chi connectivity index (χ1n) is 9.58. The number of rotatable bonds is 8. The Morgan fingerprint density at radius 2 is 1.85 bits per heavy atom. The molecule has 0 bridgehead atoms. The van der Waals surface area contributed by atoms with Gasteiger partial charge in [-0.2, -0.15) is 11.8 Å². The molecule has 7 heteroatoms. The highest BCUT2D eigenvalue weighted by Crippen LogP contribution is 2.17. The maximum Gasteiger partial charge on any atom is 0.191 e. The van der Waals surface area contributed by atoms with Gasteiger partial charge in [0.25, 0.3) is 0 Å². The van der Waals surface area contributed by atoms with E-state index in [4.69, 9.17) is 9.73 Å². The van der Waals surface area contributed by atoms with Crippen LogP contribution in [-0.4, -0.2) is 61.3 Å². The van der Waals surface area contributed by atoms with Crippen LogP contribution in [0.15, 0.2) is 29.3 Å². The van der Waals surface area contributed by atoms with Gasteiger partial charge in [-0.25, -0.2) is 4.99 Å². The number of nitrogens with one attached hydrogen (secondary N) is 2. The standard InChI is InChI=1S/C20H34N4OS.HI/c1-5-21-20(22-10-11-26-4)23-12-18-8-6-7-9-19(18)15-24-13-16(2)25-17(3)14-24;/h6-9,16-17H,5,10-15H2,1-4H3,(H2,21,22,23);1H. The molecular weight excluding hydrogens is 471 g/mol. The van der Waals surface area contributed by atoms with E-state index in [-0.39, 0.29) is 24.0 Å². The van der Waals surface area contributed by atoms with Crippen LogP contribution >= 0.6 is 35.7 Å². The van der Waals surface area contributed by atoms with Gasteiger partial charge in [0.05, 0.1) is 18.8 Å². The second kappa shape index (κ2) is 13.6. The SMILES string of the molecule is CCNC(=NCc1ccccc1CN1CC(C)OC(C)C1)NCCSC.I. The normalized spacial score (nSPS) is 20.8. The van der Waals surface area contributed by atoms with Crippen molar-refractivity contribution in [3.63, 3.8) is 0 Å². The Balaban J connectivity index is 0.00000364. The zero-order valence-corrected chi connectivity index (χ0v) is 20.2. The number of nitrogens with zero attached hydrogens (tertiary/aromatic N) is 2. The van der Waals surface area contributed by atoms with Crippen molar-refractivity contribution in [2.24, 2.45) is 4.99 Å². The van der Waals surface area contributed by atoms with Gasteiger partial charge in [0.1, 0.15) is 0 Å². The molecule has 2 N–H and O–H groups in total. The number of hydrogen-bond donors (Lipinski definition) is 2. The summed E-state index contributed by atoms with van der Waals surface area (Å²) in [6.07, 6.45) is 2.71. The number of aliphatic imine (C=N–C) groups is 1. The predicted octanol–water partition coefficient (Wildman–Crippen LogP) is 3.33. The van der Waals surface area contributed by atoms with Crippen LogP contribution in [0.2, 0.25) is 0 Å². The van der Waals surface area contributed by atoms with Gasteiger partial charge in [-0.15, -0.1) is 24.0 Å². The summed E-state index contributed by atoms with van der Waals surface area (Å²) in [6, 6.07) is 8.64. The first-order valence-corrected chi connectivity index (χ1v) is 11.0. The highest BCUT2D eigenvalue weighted by atomic mass is 127. The number of benzene rings is 1. The smallest absolute Gasteiger partial charge is 0.191 e. The van der Waals surface area contributed by atoms with Crippen molar-refractivity contribution in [2.75, 3.05) is 38.2 Å². The molecule has 1 aliphatic heterocycles. The van der Waals surface area contributed by atoms with E-state index in [0.717, 1.165) is 44.4 Å². The lowest BCUT2D eigenvalue weighted by Crippen LogP contribution is -2.44. The van der Waals surface area contributed by atoms with Crippen molar-refractivity contribution in [1.29, 1.82) is 0 Å². The van der Waals surface area contributed by atoms with Crippen LogP contribution in [0.5, 0.6) is 0 Å². The number of halogens is 1. The average Bonchev–Trinajstić information content (AvgIpc) is 2.60. The lowest BCUT2D eigenvalue weighted by atomic mass is 10.1. The van der Waals surface area contributed by atoms with Crippen LogP contribution in [0.3, 0.4) is 0 Å². The molecule has 2 rings (SSSR count). The van der Waals surface area contributed by atoms with Crippen molar-refractivity contribution in [1.82, 2.24) is 15.5 Å². The predicted molar refractivity (Wildman–Crippen MR) is 128 cm³/mol. The van der Waals surface area contributed by atoms with E-state index in [9.17, 15) is 0 Å². The third-order valence-corrected chi connectivity index (χ3v) is 4.97. The molecule has 0 radical (unpaired) electrons. The Morgan fingerprint density at radius 1 is 1.19 bits per heavy atom. The van der Waals surface area contributed by atoms with Gasteiger partial charge >= 0.3 is 0 Å². The number of thioether (sulfide) groups is 1. The van der Waals surface area contributed by atoms with E-state index >= 15 is 0 Å². The summed E-state index contributed by atoms with van der Waals surface area (Å²) in [4.78, 5) is 7.27.